The first kappa shape index (κ1) is 18.4. The smallest absolute Gasteiger partial charge is 0.308 e. The minimum atomic E-state index is -0.291. The first-order valence-corrected chi connectivity index (χ1v) is 8.04. The lowest BCUT2D eigenvalue weighted by Gasteiger charge is -2.12. The molecule has 0 saturated heterocycles. The Morgan fingerprint density at radius 3 is 2.43 bits per heavy atom. The molecule has 1 aromatic rings. The largest absolute Gasteiger partial charge is 0.491 e. The molecule has 0 radical (unpaired) electrons. The van der Waals surface area contributed by atoms with E-state index in [2.05, 4.69) is 41.9 Å². The fourth-order valence-corrected chi connectivity index (χ4v) is 3.11. The van der Waals surface area contributed by atoms with Crippen LogP contribution in [-0.4, -0.2) is 39.9 Å². The predicted molar refractivity (Wildman–Crippen MR) is 87.6 cm³/mol. The van der Waals surface area contributed by atoms with Crippen molar-refractivity contribution in [2.45, 2.75) is 13.0 Å². The monoisotopic (exact) mass is 423 g/mol. The van der Waals surface area contributed by atoms with Gasteiger partial charge in [0, 0.05) is 20.2 Å². The molecular formula is C14H19Br2NO4. The summed E-state index contributed by atoms with van der Waals surface area (Å²) in [6, 6.07) is 3.97. The van der Waals surface area contributed by atoms with Crippen molar-refractivity contribution in [3.8, 4) is 5.75 Å². The summed E-state index contributed by atoms with van der Waals surface area (Å²) in [5, 5.41) is 3.27. The number of nitrogens with one attached hydrogen (secondary N) is 1. The van der Waals surface area contributed by atoms with Gasteiger partial charge in [-0.2, -0.15) is 0 Å². The SMILES string of the molecule is COCCNCc1cc(Br)c(OCCC(=O)OC)c(Br)c1. The topological polar surface area (TPSA) is 56.8 Å². The molecule has 7 heteroatoms. The molecule has 1 N–H and O–H groups in total. The van der Waals surface area contributed by atoms with Crippen LogP contribution >= 0.6 is 31.9 Å². The molecule has 0 heterocycles. The van der Waals surface area contributed by atoms with Gasteiger partial charge in [-0.25, -0.2) is 0 Å². The standard InChI is InChI=1S/C14H19Br2NO4/c1-19-6-4-17-9-10-7-11(15)14(12(16)8-10)21-5-3-13(18)20-2/h7-8,17H,3-6,9H2,1-2H3. The molecule has 0 fully saturated rings. The number of carbonyl (C=O) groups is 1. The highest BCUT2D eigenvalue weighted by Crippen LogP contribution is 2.34. The number of esters is 1. The zero-order chi connectivity index (χ0) is 15.7. The van der Waals surface area contributed by atoms with E-state index >= 15 is 0 Å². The molecule has 0 aliphatic rings. The van der Waals surface area contributed by atoms with E-state index in [4.69, 9.17) is 9.47 Å². The molecule has 1 aromatic carbocycles. The summed E-state index contributed by atoms with van der Waals surface area (Å²) in [6.45, 7) is 2.48. The van der Waals surface area contributed by atoms with Crippen LogP contribution in [-0.2, 0) is 20.8 Å². The molecule has 0 atom stereocenters. The average Bonchev–Trinajstić information content (AvgIpc) is 2.46. The Labute approximate surface area is 141 Å². The molecular weight excluding hydrogens is 406 g/mol. The fourth-order valence-electron chi connectivity index (χ4n) is 1.60. The summed E-state index contributed by atoms with van der Waals surface area (Å²) in [5.41, 5.74) is 1.12. The number of benzene rings is 1. The summed E-state index contributed by atoms with van der Waals surface area (Å²) >= 11 is 6.96. The van der Waals surface area contributed by atoms with E-state index in [0.717, 1.165) is 27.6 Å². The van der Waals surface area contributed by atoms with E-state index in [-0.39, 0.29) is 19.0 Å². The second-order valence-electron chi connectivity index (χ2n) is 4.23. The van der Waals surface area contributed by atoms with Crippen molar-refractivity contribution in [1.82, 2.24) is 5.32 Å². The Kier molecular flexibility index (Phi) is 8.91. The second kappa shape index (κ2) is 10.2. The molecule has 5 nitrogen and oxygen atoms in total. The van der Waals surface area contributed by atoms with Gasteiger partial charge in [-0.3, -0.25) is 4.79 Å². The number of ether oxygens (including phenoxy) is 3. The van der Waals surface area contributed by atoms with Crippen LogP contribution in [0, 0.1) is 0 Å². The first-order valence-electron chi connectivity index (χ1n) is 6.45. The van der Waals surface area contributed by atoms with Crippen molar-refractivity contribution in [2.24, 2.45) is 0 Å². The second-order valence-corrected chi connectivity index (χ2v) is 5.94. The third kappa shape index (κ3) is 6.78. The van der Waals surface area contributed by atoms with Gasteiger partial charge in [-0.1, -0.05) is 0 Å². The van der Waals surface area contributed by atoms with Gasteiger partial charge in [0.05, 0.1) is 35.7 Å². The van der Waals surface area contributed by atoms with Gasteiger partial charge >= 0.3 is 5.97 Å². The summed E-state index contributed by atoms with van der Waals surface area (Å²) in [5.74, 6) is 0.390. The Balaban J connectivity index is 2.56. The molecule has 0 aliphatic carbocycles. The van der Waals surface area contributed by atoms with Crippen molar-refractivity contribution in [1.29, 1.82) is 0 Å². The van der Waals surface area contributed by atoms with Crippen molar-refractivity contribution >= 4 is 37.8 Å². The molecule has 0 bridgehead atoms. The molecule has 21 heavy (non-hydrogen) atoms. The molecule has 0 amide bonds. The van der Waals surface area contributed by atoms with Gasteiger partial charge in [-0.15, -0.1) is 0 Å². The lowest BCUT2D eigenvalue weighted by molar-refractivity contribution is -0.141. The minimum Gasteiger partial charge on any atom is -0.491 e. The highest BCUT2D eigenvalue weighted by atomic mass is 79.9. The third-order valence-electron chi connectivity index (χ3n) is 2.65. The molecule has 0 aliphatic heterocycles. The molecule has 118 valence electrons. The highest BCUT2D eigenvalue weighted by Gasteiger charge is 2.10. The van der Waals surface area contributed by atoms with Gasteiger partial charge in [0.2, 0.25) is 0 Å². The molecule has 0 unspecified atom stereocenters. The molecule has 0 aromatic heterocycles. The van der Waals surface area contributed by atoms with E-state index in [1.165, 1.54) is 7.11 Å². The lowest BCUT2D eigenvalue weighted by atomic mass is 10.2. The van der Waals surface area contributed by atoms with Crippen LogP contribution in [0.1, 0.15) is 12.0 Å². The quantitative estimate of drug-likeness (QED) is 0.488. The maximum atomic E-state index is 11.1. The van der Waals surface area contributed by atoms with Gasteiger partial charge in [0.1, 0.15) is 5.75 Å². The zero-order valence-corrected chi connectivity index (χ0v) is 15.3. The Morgan fingerprint density at radius 1 is 1.19 bits per heavy atom. The molecule has 0 saturated carbocycles. The zero-order valence-electron chi connectivity index (χ0n) is 12.1. The Bertz CT molecular complexity index is 445. The lowest BCUT2D eigenvalue weighted by Crippen LogP contribution is -2.18. The Morgan fingerprint density at radius 2 is 1.86 bits per heavy atom. The maximum Gasteiger partial charge on any atom is 0.308 e. The fraction of sp³-hybridized carbons (Fsp3) is 0.500. The molecule has 0 spiro atoms. The van der Waals surface area contributed by atoms with Crippen molar-refractivity contribution in [3.05, 3.63) is 26.6 Å². The van der Waals surface area contributed by atoms with Gasteiger partial charge in [-0.05, 0) is 49.6 Å². The van der Waals surface area contributed by atoms with Crippen molar-refractivity contribution in [3.63, 3.8) is 0 Å². The van der Waals surface area contributed by atoms with E-state index in [1.54, 1.807) is 7.11 Å². The minimum absolute atomic E-state index is 0.218. The Hall–Kier alpha value is -0.630. The number of methoxy groups -OCH3 is 2. The average molecular weight is 425 g/mol. The predicted octanol–water partition coefficient (Wildman–Crippen LogP) is 2.89. The number of carbonyl (C=O) groups excluding carboxylic acids is 1. The first-order chi connectivity index (χ1) is 10.1. The summed E-state index contributed by atoms with van der Waals surface area (Å²) < 4.78 is 16.8. The van der Waals surface area contributed by atoms with E-state index in [0.29, 0.717) is 12.4 Å². The van der Waals surface area contributed by atoms with Gasteiger partial charge < -0.3 is 19.5 Å². The van der Waals surface area contributed by atoms with Gasteiger partial charge in [0.15, 0.2) is 0 Å². The number of hydrogen-bond donors (Lipinski definition) is 1. The maximum absolute atomic E-state index is 11.1. The van der Waals surface area contributed by atoms with Gasteiger partial charge in [0.25, 0.3) is 0 Å². The van der Waals surface area contributed by atoms with Crippen LogP contribution in [0.2, 0.25) is 0 Å². The number of hydrogen-bond acceptors (Lipinski definition) is 5. The van der Waals surface area contributed by atoms with E-state index < -0.39 is 0 Å². The molecule has 1 rings (SSSR count). The highest BCUT2D eigenvalue weighted by molar-refractivity contribution is 9.11. The van der Waals surface area contributed by atoms with Crippen LogP contribution in [0.15, 0.2) is 21.1 Å². The van der Waals surface area contributed by atoms with Crippen LogP contribution in [0.5, 0.6) is 5.75 Å². The van der Waals surface area contributed by atoms with Crippen molar-refractivity contribution < 1.29 is 19.0 Å². The number of halogens is 2. The van der Waals surface area contributed by atoms with Crippen LogP contribution in [0.4, 0.5) is 0 Å². The van der Waals surface area contributed by atoms with E-state index in [9.17, 15) is 4.79 Å². The number of rotatable bonds is 9. The van der Waals surface area contributed by atoms with Crippen molar-refractivity contribution in [2.75, 3.05) is 34.0 Å². The summed E-state index contributed by atoms with van der Waals surface area (Å²) in [4.78, 5) is 11.1. The van der Waals surface area contributed by atoms with Crippen LogP contribution < -0.4 is 10.1 Å². The third-order valence-corrected chi connectivity index (χ3v) is 3.83. The van der Waals surface area contributed by atoms with Crippen LogP contribution in [0.25, 0.3) is 0 Å². The normalized spacial score (nSPS) is 10.5. The van der Waals surface area contributed by atoms with E-state index in [1.807, 2.05) is 12.1 Å². The van der Waals surface area contributed by atoms with Crippen LogP contribution in [0.3, 0.4) is 0 Å². The summed E-state index contributed by atoms with van der Waals surface area (Å²) in [7, 11) is 3.04. The summed E-state index contributed by atoms with van der Waals surface area (Å²) in [6.07, 6.45) is 0.218.